The first kappa shape index (κ1) is 12.8. The molecule has 1 aliphatic heterocycles. The summed E-state index contributed by atoms with van der Waals surface area (Å²) in [7, 11) is 0. The Bertz CT molecular complexity index is 193. The molecule has 0 spiro atoms. The van der Waals surface area contributed by atoms with E-state index >= 15 is 0 Å². The minimum absolute atomic E-state index is 0.0800. The van der Waals surface area contributed by atoms with Crippen molar-refractivity contribution < 1.29 is 4.79 Å². The van der Waals surface area contributed by atoms with Crippen molar-refractivity contribution in [3.05, 3.63) is 0 Å². The normalized spacial score (nSPS) is 22.7. The molecule has 1 fully saturated rings. The lowest BCUT2D eigenvalue weighted by molar-refractivity contribution is -0.124. The lowest BCUT2D eigenvalue weighted by Crippen LogP contribution is -2.37. The van der Waals surface area contributed by atoms with Crippen LogP contribution in [0.1, 0.15) is 26.7 Å². The van der Waals surface area contributed by atoms with Crippen LogP contribution in [0.15, 0.2) is 0 Å². The van der Waals surface area contributed by atoms with Gasteiger partial charge in [-0.25, -0.2) is 0 Å². The smallest absolute Gasteiger partial charge is 0.224 e. The predicted octanol–water partition coefficient (Wildman–Crippen LogP) is 1.24. The Morgan fingerprint density at radius 2 is 2.40 bits per heavy atom. The van der Waals surface area contributed by atoms with E-state index in [1.54, 1.807) is 0 Å². The van der Waals surface area contributed by atoms with E-state index < -0.39 is 0 Å². The summed E-state index contributed by atoms with van der Waals surface area (Å²) in [4.78, 5) is 11.6. The summed E-state index contributed by atoms with van der Waals surface area (Å²) < 4.78 is 0. The highest BCUT2D eigenvalue weighted by atomic mass is 32.2. The van der Waals surface area contributed by atoms with E-state index in [9.17, 15) is 4.79 Å². The van der Waals surface area contributed by atoms with Gasteiger partial charge in [-0.3, -0.25) is 4.79 Å². The molecule has 0 bridgehead atoms. The lowest BCUT2D eigenvalue weighted by atomic mass is 10.1. The van der Waals surface area contributed by atoms with Gasteiger partial charge < -0.3 is 10.6 Å². The summed E-state index contributed by atoms with van der Waals surface area (Å²) in [6.45, 7) is 6.58. The molecule has 0 aromatic carbocycles. The zero-order valence-corrected chi connectivity index (χ0v) is 10.5. The van der Waals surface area contributed by atoms with E-state index in [0.29, 0.717) is 5.25 Å². The summed E-state index contributed by atoms with van der Waals surface area (Å²) in [5, 5.41) is 6.88. The fourth-order valence-electron chi connectivity index (χ4n) is 1.65. The van der Waals surface area contributed by atoms with E-state index in [0.717, 1.165) is 19.6 Å². The quantitative estimate of drug-likeness (QED) is 0.721. The van der Waals surface area contributed by atoms with Crippen molar-refractivity contribution in [2.75, 3.05) is 25.4 Å². The molecule has 1 amide bonds. The van der Waals surface area contributed by atoms with E-state index in [-0.39, 0.29) is 11.8 Å². The van der Waals surface area contributed by atoms with Crippen LogP contribution in [-0.4, -0.2) is 36.5 Å². The minimum atomic E-state index is 0.0800. The average molecular weight is 230 g/mol. The summed E-state index contributed by atoms with van der Waals surface area (Å²) in [6.07, 6.45) is 2.56. The van der Waals surface area contributed by atoms with Crippen LogP contribution in [-0.2, 0) is 4.79 Å². The van der Waals surface area contributed by atoms with Gasteiger partial charge in [-0.05, 0) is 25.1 Å². The maximum atomic E-state index is 11.6. The maximum Gasteiger partial charge on any atom is 0.224 e. The molecule has 1 saturated heterocycles. The first-order chi connectivity index (χ1) is 7.24. The number of carbonyl (C=O) groups excluding carboxylic acids is 1. The van der Waals surface area contributed by atoms with Crippen LogP contribution in [0.3, 0.4) is 0 Å². The molecule has 1 rings (SSSR count). The molecule has 0 aromatic rings. The van der Waals surface area contributed by atoms with Crippen molar-refractivity contribution in [2.45, 2.75) is 31.9 Å². The fourth-order valence-corrected chi connectivity index (χ4v) is 2.85. The third kappa shape index (κ3) is 4.89. The molecule has 3 nitrogen and oxygen atoms in total. The molecule has 2 unspecified atom stereocenters. The van der Waals surface area contributed by atoms with E-state index in [2.05, 4.69) is 17.6 Å². The van der Waals surface area contributed by atoms with Gasteiger partial charge in [0.15, 0.2) is 0 Å². The number of rotatable bonds is 6. The van der Waals surface area contributed by atoms with Gasteiger partial charge >= 0.3 is 0 Å². The highest BCUT2D eigenvalue weighted by Crippen LogP contribution is 2.25. The first-order valence-corrected chi connectivity index (χ1v) is 6.89. The van der Waals surface area contributed by atoms with Gasteiger partial charge in [0.25, 0.3) is 0 Å². The van der Waals surface area contributed by atoms with E-state index in [1.165, 1.54) is 18.6 Å². The Balaban J connectivity index is 2.11. The molecule has 0 aliphatic carbocycles. The Hall–Kier alpha value is -0.220. The molecule has 4 heteroatoms. The third-order valence-corrected chi connectivity index (χ3v) is 4.07. The molecule has 1 heterocycles. The van der Waals surface area contributed by atoms with Gasteiger partial charge in [0, 0.05) is 24.3 Å². The summed E-state index contributed by atoms with van der Waals surface area (Å²) >= 11 is 1.98. The molecule has 88 valence electrons. The van der Waals surface area contributed by atoms with Crippen LogP contribution in [0, 0.1) is 5.92 Å². The summed E-state index contributed by atoms with van der Waals surface area (Å²) in [5.41, 5.74) is 0. The van der Waals surface area contributed by atoms with Crippen molar-refractivity contribution in [3.8, 4) is 0 Å². The van der Waals surface area contributed by atoms with Crippen LogP contribution in [0.2, 0.25) is 0 Å². The zero-order valence-electron chi connectivity index (χ0n) is 9.71. The lowest BCUT2D eigenvalue weighted by Gasteiger charge is -2.14. The summed E-state index contributed by atoms with van der Waals surface area (Å²) in [5.74, 6) is 1.52. The third-order valence-electron chi connectivity index (χ3n) is 2.68. The van der Waals surface area contributed by atoms with Crippen LogP contribution < -0.4 is 10.6 Å². The van der Waals surface area contributed by atoms with Crippen molar-refractivity contribution in [1.29, 1.82) is 0 Å². The van der Waals surface area contributed by atoms with Gasteiger partial charge in [0.1, 0.15) is 0 Å². The average Bonchev–Trinajstić information content (AvgIpc) is 2.75. The topological polar surface area (TPSA) is 41.1 Å². The Kier molecular flexibility index (Phi) is 6.10. The number of nitrogens with one attached hydrogen (secondary N) is 2. The second-order valence-corrected chi connectivity index (χ2v) is 5.50. The molecule has 0 aromatic heterocycles. The highest BCUT2D eigenvalue weighted by molar-refractivity contribution is 8.00. The molecule has 0 radical (unpaired) electrons. The first-order valence-electron chi connectivity index (χ1n) is 5.84. The van der Waals surface area contributed by atoms with Gasteiger partial charge in [-0.2, -0.15) is 11.8 Å². The van der Waals surface area contributed by atoms with Gasteiger partial charge in [-0.15, -0.1) is 0 Å². The van der Waals surface area contributed by atoms with Gasteiger partial charge in [0.2, 0.25) is 5.91 Å². The minimum Gasteiger partial charge on any atom is -0.355 e. The van der Waals surface area contributed by atoms with Gasteiger partial charge in [-0.1, -0.05) is 13.8 Å². The summed E-state index contributed by atoms with van der Waals surface area (Å²) in [6, 6.07) is 0. The Morgan fingerprint density at radius 1 is 1.60 bits per heavy atom. The zero-order chi connectivity index (χ0) is 11.1. The van der Waals surface area contributed by atoms with Crippen molar-refractivity contribution in [3.63, 3.8) is 0 Å². The van der Waals surface area contributed by atoms with Crippen LogP contribution in [0.5, 0.6) is 0 Å². The molecule has 0 saturated carbocycles. The Morgan fingerprint density at radius 3 is 3.00 bits per heavy atom. The van der Waals surface area contributed by atoms with Crippen LogP contribution in [0.4, 0.5) is 0 Å². The van der Waals surface area contributed by atoms with Gasteiger partial charge in [0.05, 0.1) is 0 Å². The molecule has 15 heavy (non-hydrogen) atoms. The number of thioether (sulfide) groups is 1. The predicted molar refractivity (Wildman–Crippen MR) is 66.2 cm³/mol. The molecular weight excluding hydrogens is 208 g/mol. The Labute approximate surface area is 96.8 Å². The molecule has 2 N–H and O–H groups in total. The largest absolute Gasteiger partial charge is 0.355 e. The number of carbonyl (C=O) groups is 1. The number of hydrogen-bond acceptors (Lipinski definition) is 3. The van der Waals surface area contributed by atoms with Crippen molar-refractivity contribution in [1.82, 2.24) is 10.6 Å². The fraction of sp³-hybridized carbons (Fsp3) is 0.909. The number of amides is 1. The van der Waals surface area contributed by atoms with Crippen LogP contribution in [0.25, 0.3) is 0 Å². The van der Waals surface area contributed by atoms with Crippen molar-refractivity contribution >= 4 is 17.7 Å². The van der Waals surface area contributed by atoms with E-state index in [1.807, 2.05) is 18.7 Å². The monoisotopic (exact) mass is 230 g/mol. The van der Waals surface area contributed by atoms with Crippen LogP contribution >= 0.6 is 11.8 Å². The SMILES string of the molecule is CCNCC(C)C(=O)NCC1CCCS1. The maximum absolute atomic E-state index is 11.6. The molecular formula is C11H22N2OS. The van der Waals surface area contributed by atoms with Crippen molar-refractivity contribution in [2.24, 2.45) is 5.92 Å². The second-order valence-electron chi connectivity index (χ2n) is 4.09. The molecule has 2 atom stereocenters. The second kappa shape index (κ2) is 7.12. The van der Waals surface area contributed by atoms with E-state index in [4.69, 9.17) is 0 Å². The highest BCUT2D eigenvalue weighted by Gasteiger charge is 2.18. The molecule has 1 aliphatic rings. The number of hydrogen-bond donors (Lipinski definition) is 2. The standard InChI is InChI=1S/C11H22N2OS/c1-3-12-7-9(2)11(14)13-8-10-5-4-6-15-10/h9-10,12H,3-8H2,1-2H3,(H,13,14).